The lowest BCUT2D eigenvalue weighted by Crippen LogP contribution is -2.20. The lowest BCUT2D eigenvalue weighted by molar-refractivity contribution is 0.103. The lowest BCUT2D eigenvalue weighted by Gasteiger charge is -2.11. The maximum absolute atomic E-state index is 13.5. The smallest absolute Gasteiger partial charge is 0.261 e. The zero-order valence-corrected chi connectivity index (χ0v) is 15.8. The molecule has 0 bridgehead atoms. The van der Waals surface area contributed by atoms with Crippen molar-refractivity contribution in [3.8, 4) is 0 Å². The van der Waals surface area contributed by atoms with Crippen LogP contribution in [0.15, 0.2) is 77.6 Å². The summed E-state index contributed by atoms with van der Waals surface area (Å²) in [5.74, 6) is -0.0910. The number of carbonyl (C=O) groups is 1. The average molecular weight is 387 g/mol. The summed E-state index contributed by atoms with van der Waals surface area (Å²) in [7, 11) is 1.72. The van der Waals surface area contributed by atoms with Crippen molar-refractivity contribution in [1.82, 2.24) is 8.97 Å². The summed E-state index contributed by atoms with van der Waals surface area (Å²) in [4.78, 5) is 26.5. The molecule has 0 amide bonds. The van der Waals surface area contributed by atoms with Crippen LogP contribution >= 0.6 is 11.6 Å². The van der Waals surface area contributed by atoms with Gasteiger partial charge in [-0.3, -0.25) is 18.6 Å². The van der Waals surface area contributed by atoms with Crippen LogP contribution in [0.1, 0.15) is 16.1 Å². The minimum atomic E-state index is -0.146. The largest absolute Gasteiger partial charge is 0.296 e. The van der Waals surface area contributed by atoms with E-state index in [9.17, 15) is 9.59 Å². The third kappa shape index (κ3) is 2.25. The van der Waals surface area contributed by atoms with Gasteiger partial charge in [-0.05, 0) is 18.2 Å². The molecule has 3 aromatic carbocycles. The molecule has 0 N–H and O–H groups in total. The number of halogens is 1. The summed E-state index contributed by atoms with van der Waals surface area (Å²) >= 11 is 6.15. The molecule has 5 heteroatoms. The highest BCUT2D eigenvalue weighted by molar-refractivity contribution is 6.31. The highest BCUT2D eigenvalue weighted by Gasteiger charge is 2.23. The van der Waals surface area contributed by atoms with E-state index in [0.717, 1.165) is 10.8 Å². The van der Waals surface area contributed by atoms with E-state index >= 15 is 0 Å². The van der Waals surface area contributed by atoms with E-state index in [1.165, 1.54) is 0 Å². The van der Waals surface area contributed by atoms with Crippen molar-refractivity contribution < 1.29 is 4.79 Å². The number of benzene rings is 3. The number of hydrogen-bond donors (Lipinski definition) is 0. The molecule has 0 aliphatic carbocycles. The third-order valence-corrected chi connectivity index (χ3v) is 5.40. The Bertz CT molecular complexity index is 1460. The molecule has 0 saturated carbocycles. The molecule has 0 spiro atoms. The highest BCUT2D eigenvalue weighted by Crippen LogP contribution is 2.31. The van der Waals surface area contributed by atoms with Gasteiger partial charge >= 0.3 is 0 Å². The van der Waals surface area contributed by atoms with Gasteiger partial charge in [0.1, 0.15) is 11.3 Å². The van der Waals surface area contributed by atoms with Crippen LogP contribution in [0.25, 0.3) is 27.3 Å². The Balaban J connectivity index is 2.06. The minimum Gasteiger partial charge on any atom is -0.296 e. The second-order valence-corrected chi connectivity index (χ2v) is 7.21. The van der Waals surface area contributed by atoms with E-state index < -0.39 is 0 Å². The number of hydrogen-bond acceptors (Lipinski definition) is 2. The molecule has 0 aliphatic heterocycles. The first-order valence-corrected chi connectivity index (χ1v) is 9.27. The molecule has 4 nitrogen and oxygen atoms in total. The zero-order valence-electron chi connectivity index (χ0n) is 15.0. The molecule has 0 saturated heterocycles. The van der Waals surface area contributed by atoms with E-state index in [1.54, 1.807) is 41.9 Å². The van der Waals surface area contributed by atoms with Crippen molar-refractivity contribution in [2.75, 3.05) is 0 Å². The molecular formula is C23H15ClN2O2. The Morgan fingerprint density at radius 2 is 1.54 bits per heavy atom. The molecule has 0 radical (unpaired) electrons. The monoisotopic (exact) mass is 386 g/mol. The molecule has 28 heavy (non-hydrogen) atoms. The Hall–Kier alpha value is -3.37. The van der Waals surface area contributed by atoms with E-state index in [2.05, 4.69) is 0 Å². The fourth-order valence-corrected chi connectivity index (χ4v) is 4.07. The van der Waals surface area contributed by atoms with Crippen LogP contribution in [0, 0.1) is 0 Å². The first-order chi connectivity index (χ1) is 13.6. The fraction of sp³-hybridized carbons (Fsp3) is 0.0435. The Kier molecular flexibility index (Phi) is 3.64. The standard InChI is InChI=1S/C23H15ClN2O2/c1-25-22-17-10-6-5-9-16(17)20(21(27)14-7-3-2-4-8-14)26(22)19-12-11-15(24)13-18(19)23(25)28/h2-13H,1H3. The second kappa shape index (κ2) is 6.08. The first kappa shape index (κ1) is 16.8. The van der Waals surface area contributed by atoms with E-state index in [4.69, 9.17) is 11.6 Å². The van der Waals surface area contributed by atoms with Crippen molar-refractivity contribution in [1.29, 1.82) is 0 Å². The average Bonchev–Trinajstić information content (AvgIpc) is 3.07. The molecular weight excluding hydrogens is 372 g/mol. The number of aryl methyl sites for hydroxylation is 1. The van der Waals surface area contributed by atoms with Crippen molar-refractivity contribution >= 4 is 44.7 Å². The zero-order chi connectivity index (χ0) is 19.4. The Morgan fingerprint density at radius 1 is 0.857 bits per heavy atom. The van der Waals surface area contributed by atoms with Crippen LogP contribution in [-0.2, 0) is 7.05 Å². The summed E-state index contributed by atoms with van der Waals surface area (Å²) < 4.78 is 3.47. The second-order valence-electron chi connectivity index (χ2n) is 6.77. The van der Waals surface area contributed by atoms with E-state index in [1.807, 2.05) is 46.9 Å². The highest BCUT2D eigenvalue weighted by atomic mass is 35.5. The molecule has 0 atom stereocenters. The number of rotatable bonds is 2. The van der Waals surface area contributed by atoms with Gasteiger partial charge in [0.2, 0.25) is 5.78 Å². The minimum absolute atomic E-state index is 0.0910. The van der Waals surface area contributed by atoms with Gasteiger partial charge in [-0.25, -0.2) is 0 Å². The van der Waals surface area contributed by atoms with Crippen LogP contribution < -0.4 is 5.56 Å². The summed E-state index contributed by atoms with van der Waals surface area (Å²) in [5, 5.41) is 2.63. The van der Waals surface area contributed by atoms with Crippen LogP contribution in [0.2, 0.25) is 5.02 Å². The van der Waals surface area contributed by atoms with Crippen molar-refractivity contribution in [2.24, 2.45) is 7.05 Å². The number of fused-ring (bicyclic) bond motifs is 5. The maximum Gasteiger partial charge on any atom is 0.261 e. The molecule has 5 aromatic rings. The van der Waals surface area contributed by atoms with Gasteiger partial charge in [0.05, 0.1) is 10.9 Å². The fourth-order valence-electron chi connectivity index (χ4n) is 3.90. The van der Waals surface area contributed by atoms with Crippen molar-refractivity contribution in [3.05, 3.63) is 99.4 Å². The number of aromatic nitrogens is 2. The lowest BCUT2D eigenvalue weighted by atomic mass is 10.0. The van der Waals surface area contributed by atoms with E-state index in [0.29, 0.717) is 32.8 Å². The van der Waals surface area contributed by atoms with E-state index in [-0.39, 0.29) is 11.3 Å². The van der Waals surface area contributed by atoms with Crippen LogP contribution in [0.3, 0.4) is 0 Å². The predicted octanol–water partition coefficient (Wildman–Crippen LogP) is 4.83. The number of ketones is 1. The molecule has 0 unspecified atom stereocenters. The Labute approximate surface area is 165 Å². The van der Waals surface area contributed by atoms with Crippen LogP contribution in [0.5, 0.6) is 0 Å². The molecule has 0 fully saturated rings. The number of nitrogens with zero attached hydrogens (tertiary/aromatic N) is 2. The number of carbonyl (C=O) groups excluding carboxylic acids is 1. The predicted molar refractivity (Wildman–Crippen MR) is 113 cm³/mol. The van der Waals surface area contributed by atoms with Gasteiger partial charge in [0.25, 0.3) is 5.56 Å². The van der Waals surface area contributed by atoms with Crippen molar-refractivity contribution in [2.45, 2.75) is 0 Å². The van der Waals surface area contributed by atoms with Gasteiger partial charge in [0.15, 0.2) is 0 Å². The van der Waals surface area contributed by atoms with Gasteiger partial charge in [-0.1, -0.05) is 66.2 Å². The molecule has 2 aromatic heterocycles. The maximum atomic E-state index is 13.5. The van der Waals surface area contributed by atoms with Crippen LogP contribution in [-0.4, -0.2) is 14.8 Å². The van der Waals surface area contributed by atoms with Gasteiger partial charge < -0.3 is 0 Å². The van der Waals surface area contributed by atoms with Crippen LogP contribution in [0.4, 0.5) is 0 Å². The first-order valence-electron chi connectivity index (χ1n) is 8.89. The SMILES string of the molecule is Cn1c(=O)c2cc(Cl)ccc2n2c(C(=O)c3ccccc3)c3ccccc3c12. The summed E-state index contributed by atoms with van der Waals surface area (Å²) in [6.07, 6.45) is 0. The van der Waals surface area contributed by atoms with Gasteiger partial charge in [-0.2, -0.15) is 0 Å². The Morgan fingerprint density at radius 3 is 2.29 bits per heavy atom. The third-order valence-electron chi connectivity index (χ3n) is 5.16. The molecule has 2 heterocycles. The summed E-state index contributed by atoms with van der Waals surface area (Å²) in [6.45, 7) is 0. The van der Waals surface area contributed by atoms with Gasteiger partial charge in [-0.15, -0.1) is 0 Å². The van der Waals surface area contributed by atoms with Crippen molar-refractivity contribution in [3.63, 3.8) is 0 Å². The molecule has 5 rings (SSSR count). The van der Waals surface area contributed by atoms with Gasteiger partial charge in [0, 0.05) is 28.4 Å². The summed E-state index contributed by atoms with van der Waals surface area (Å²) in [6, 6.07) is 22.0. The normalized spacial score (nSPS) is 11.5. The molecule has 136 valence electrons. The quantitative estimate of drug-likeness (QED) is 0.408. The summed E-state index contributed by atoms with van der Waals surface area (Å²) in [5.41, 5.74) is 2.35. The topological polar surface area (TPSA) is 43.5 Å². The molecule has 0 aliphatic rings.